The van der Waals surface area contributed by atoms with Gasteiger partial charge in [0, 0.05) is 17.2 Å². The number of rotatable bonds is 3. The Morgan fingerprint density at radius 3 is 2.74 bits per heavy atom. The number of anilines is 1. The van der Waals surface area contributed by atoms with Gasteiger partial charge in [-0.2, -0.15) is 0 Å². The molecule has 0 aliphatic rings. The van der Waals surface area contributed by atoms with Crippen molar-refractivity contribution in [3.8, 4) is 0 Å². The van der Waals surface area contributed by atoms with E-state index in [1.165, 1.54) is 0 Å². The molecule has 0 aliphatic carbocycles. The molecule has 2 rings (SSSR count). The summed E-state index contributed by atoms with van der Waals surface area (Å²) in [6, 6.07) is 4.93. The maximum absolute atomic E-state index is 11.9. The maximum atomic E-state index is 11.9. The smallest absolute Gasteiger partial charge is 0.338 e. The predicted molar refractivity (Wildman–Crippen MR) is 73.4 cm³/mol. The van der Waals surface area contributed by atoms with Crippen molar-refractivity contribution in [1.29, 1.82) is 0 Å². The van der Waals surface area contributed by atoms with Gasteiger partial charge in [0.15, 0.2) is 12.4 Å². The van der Waals surface area contributed by atoms with Crippen LogP contribution in [-0.4, -0.2) is 20.7 Å². The van der Waals surface area contributed by atoms with E-state index in [4.69, 9.17) is 10.5 Å². The topological polar surface area (TPSA) is 83.0 Å². The normalized spacial score (nSPS) is 10.5. The second-order valence-corrected chi connectivity index (χ2v) is 4.99. The highest BCUT2D eigenvalue weighted by Gasteiger charge is 2.12. The number of esters is 1. The molecule has 0 radical (unpaired) electrons. The van der Waals surface area contributed by atoms with Crippen molar-refractivity contribution < 1.29 is 9.53 Å². The zero-order chi connectivity index (χ0) is 14.0. The Hall–Kier alpha value is -1.89. The number of nitrogens with zero attached hydrogens (tertiary/aromatic N) is 3. The number of nitrogens with two attached hydrogens (primary N) is 1. The molecule has 1 heterocycles. The lowest BCUT2D eigenvalue weighted by molar-refractivity contribution is 0.0458. The predicted octanol–water partition coefficient (Wildman–Crippen LogP) is 1.83. The zero-order valence-corrected chi connectivity index (χ0v) is 12.1. The minimum Gasteiger partial charge on any atom is -0.454 e. The van der Waals surface area contributed by atoms with Gasteiger partial charge in [-0.1, -0.05) is 15.9 Å². The molecule has 2 N–H and O–H groups in total. The average molecular weight is 325 g/mol. The highest BCUT2D eigenvalue weighted by Crippen LogP contribution is 2.18. The maximum Gasteiger partial charge on any atom is 0.338 e. The Labute approximate surface area is 118 Å². The van der Waals surface area contributed by atoms with Crippen LogP contribution in [0.4, 0.5) is 5.69 Å². The minimum absolute atomic E-state index is 0.0720. The molecule has 7 heteroatoms. The van der Waals surface area contributed by atoms with E-state index in [1.54, 1.807) is 22.8 Å². The van der Waals surface area contributed by atoms with Gasteiger partial charge in [-0.05, 0) is 25.1 Å². The van der Waals surface area contributed by atoms with E-state index >= 15 is 0 Å². The number of aryl methyl sites for hydroxylation is 1. The fraction of sp³-hybridized carbons (Fsp3) is 0.250. The lowest BCUT2D eigenvalue weighted by atomic mass is 10.2. The molecule has 0 saturated carbocycles. The van der Waals surface area contributed by atoms with E-state index in [-0.39, 0.29) is 6.61 Å². The molecule has 0 bridgehead atoms. The lowest BCUT2D eigenvalue weighted by Crippen LogP contribution is -2.09. The number of carbonyl (C=O) groups is 1. The molecule has 1 aromatic carbocycles. The van der Waals surface area contributed by atoms with E-state index in [9.17, 15) is 4.79 Å². The van der Waals surface area contributed by atoms with Gasteiger partial charge in [0.05, 0.1) is 5.56 Å². The first-order chi connectivity index (χ1) is 8.97. The molecular formula is C12H13BrN4O2. The van der Waals surface area contributed by atoms with E-state index in [2.05, 4.69) is 26.1 Å². The van der Waals surface area contributed by atoms with Crippen LogP contribution in [0.25, 0.3) is 0 Å². The van der Waals surface area contributed by atoms with E-state index in [1.807, 2.05) is 14.0 Å². The minimum atomic E-state index is -0.450. The summed E-state index contributed by atoms with van der Waals surface area (Å²) in [5.41, 5.74) is 6.56. The molecule has 0 fully saturated rings. The number of hydrogen-bond donors (Lipinski definition) is 1. The quantitative estimate of drug-likeness (QED) is 0.687. The van der Waals surface area contributed by atoms with E-state index in [0.29, 0.717) is 17.1 Å². The van der Waals surface area contributed by atoms with Gasteiger partial charge >= 0.3 is 5.97 Å². The number of carbonyl (C=O) groups excluding carboxylic acids is 1. The van der Waals surface area contributed by atoms with Gasteiger partial charge in [-0.15, -0.1) is 10.2 Å². The van der Waals surface area contributed by atoms with Crippen molar-refractivity contribution in [3.05, 3.63) is 39.9 Å². The molecule has 0 saturated heterocycles. The lowest BCUT2D eigenvalue weighted by Gasteiger charge is -2.06. The van der Waals surface area contributed by atoms with Gasteiger partial charge in [0.1, 0.15) is 5.82 Å². The van der Waals surface area contributed by atoms with E-state index in [0.717, 1.165) is 10.3 Å². The summed E-state index contributed by atoms with van der Waals surface area (Å²) in [6.45, 7) is 1.90. The Morgan fingerprint density at radius 1 is 1.42 bits per heavy atom. The molecule has 19 heavy (non-hydrogen) atoms. The summed E-state index contributed by atoms with van der Waals surface area (Å²) in [7, 11) is 1.82. The molecule has 2 aromatic rings. The summed E-state index contributed by atoms with van der Waals surface area (Å²) in [5, 5.41) is 7.81. The Balaban J connectivity index is 2.07. The first-order valence-electron chi connectivity index (χ1n) is 5.55. The van der Waals surface area contributed by atoms with Crippen molar-refractivity contribution >= 4 is 27.6 Å². The molecule has 100 valence electrons. The van der Waals surface area contributed by atoms with Crippen LogP contribution in [-0.2, 0) is 18.4 Å². The van der Waals surface area contributed by atoms with Gasteiger partial charge < -0.3 is 15.0 Å². The molecular weight excluding hydrogens is 312 g/mol. The summed E-state index contributed by atoms with van der Waals surface area (Å²) in [5.74, 6) is 0.903. The number of halogens is 1. The summed E-state index contributed by atoms with van der Waals surface area (Å²) in [6.07, 6.45) is 0. The number of hydrogen-bond acceptors (Lipinski definition) is 5. The van der Waals surface area contributed by atoms with Crippen molar-refractivity contribution in [1.82, 2.24) is 14.8 Å². The molecule has 0 unspecified atom stereocenters. The first kappa shape index (κ1) is 13.5. The number of aromatic nitrogens is 3. The second-order valence-electron chi connectivity index (χ2n) is 4.07. The third kappa shape index (κ3) is 3.11. The molecule has 6 nitrogen and oxygen atoms in total. The second kappa shape index (κ2) is 5.40. The van der Waals surface area contributed by atoms with Crippen molar-refractivity contribution in [2.75, 3.05) is 5.73 Å². The van der Waals surface area contributed by atoms with Gasteiger partial charge in [0.25, 0.3) is 0 Å². The van der Waals surface area contributed by atoms with Crippen molar-refractivity contribution in [2.24, 2.45) is 7.05 Å². The van der Waals surface area contributed by atoms with Crippen LogP contribution in [0.5, 0.6) is 0 Å². The molecule has 0 spiro atoms. The van der Waals surface area contributed by atoms with Gasteiger partial charge in [-0.25, -0.2) is 4.79 Å². The summed E-state index contributed by atoms with van der Waals surface area (Å²) >= 11 is 3.28. The molecule has 0 atom stereocenters. The fourth-order valence-corrected chi connectivity index (χ4v) is 2.03. The highest BCUT2D eigenvalue weighted by atomic mass is 79.9. The third-order valence-electron chi connectivity index (χ3n) is 2.67. The number of benzene rings is 1. The summed E-state index contributed by atoms with van der Waals surface area (Å²) < 4.78 is 7.68. The standard InChI is InChI=1S/C12H13BrN4O2/c1-7-15-16-11(17(7)2)6-19-12(18)8-3-9(13)5-10(14)4-8/h3-5H,6,14H2,1-2H3. The monoisotopic (exact) mass is 324 g/mol. The highest BCUT2D eigenvalue weighted by molar-refractivity contribution is 9.10. The van der Waals surface area contributed by atoms with Crippen LogP contribution in [0, 0.1) is 6.92 Å². The van der Waals surface area contributed by atoms with Crippen LogP contribution in [0.2, 0.25) is 0 Å². The molecule has 0 amide bonds. The van der Waals surface area contributed by atoms with Gasteiger partial charge in [0.2, 0.25) is 0 Å². The van der Waals surface area contributed by atoms with Crippen LogP contribution in [0.3, 0.4) is 0 Å². The third-order valence-corrected chi connectivity index (χ3v) is 3.13. The first-order valence-corrected chi connectivity index (χ1v) is 6.34. The van der Waals surface area contributed by atoms with E-state index < -0.39 is 5.97 Å². The molecule has 1 aromatic heterocycles. The number of nitrogen functional groups attached to an aromatic ring is 1. The summed E-state index contributed by atoms with van der Waals surface area (Å²) in [4.78, 5) is 11.9. The largest absolute Gasteiger partial charge is 0.454 e. The Kier molecular flexibility index (Phi) is 3.84. The van der Waals surface area contributed by atoms with Crippen LogP contribution < -0.4 is 5.73 Å². The van der Waals surface area contributed by atoms with Crippen LogP contribution in [0.15, 0.2) is 22.7 Å². The van der Waals surface area contributed by atoms with Crippen LogP contribution in [0.1, 0.15) is 22.0 Å². The van der Waals surface area contributed by atoms with Gasteiger partial charge in [-0.3, -0.25) is 0 Å². The molecule has 0 aliphatic heterocycles. The Bertz CT molecular complexity index is 604. The van der Waals surface area contributed by atoms with Crippen LogP contribution >= 0.6 is 15.9 Å². The van der Waals surface area contributed by atoms with Crippen molar-refractivity contribution in [3.63, 3.8) is 0 Å². The fourth-order valence-electron chi connectivity index (χ4n) is 1.52. The number of ether oxygens (including phenoxy) is 1. The zero-order valence-electron chi connectivity index (χ0n) is 10.6. The SMILES string of the molecule is Cc1nnc(COC(=O)c2cc(N)cc(Br)c2)n1C. The Morgan fingerprint density at radius 2 is 2.16 bits per heavy atom. The average Bonchev–Trinajstić information content (AvgIpc) is 2.66. The van der Waals surface area contributed by atoms with Crippen molar-refractivity contribution in [2.45, 2.75) is 13.5 Å².